The van der Waals surface area contributed by atoms with Gasteiger partial charge in [-0.05, 0) is 86.2 Å². The van der Waals surface area contributed by atoms with Crippen molar-refractivity contribution in [3.8, 4) is 17.2 Å². The van der Waals surface area contributed by atoms with E-state index in [0.29, 0.717) is 19.6 Å². The Balaban J connectivity index is 1.22. The van der Waals surface area contributed by atoms with Crippen LogP contribution in [0.3, 0.4) is 0 Å². The summed E-state index contributed by atoms with van der Waals surface area (Å²) in [4.78, 5) is 15.6. The highest BCUT2D eigenvalue weighted by molar-refractivity contribution is 5.80. The van der Waals surface area contributed by atoms with Gasteiger partial charge in [-0.15, -0.1) is 0 Å². The number of fused-ring (bicyclic) bond motifs is 1. The molecule has 1 saturated heterocycles. The minimum atomic E-state index is 0.0604. The topological polar surface area (TPSA) is 60.0 Å². The van der Waals surface area contributed by atoms with Crippen molar-refractivity contribution < 1.29 is 19.0 Å². The minimum absolute atomic E-state index is 0.0604. The fraction of sp³-hybridized carbons (Fsp3) is 0.433. The molecule has 190 valence electrons. The molecule has 6 nitrogen and oxygen atoms in total. The maximum Gasteiger partial charge on any atom is 0.224 e. The summed E-state index contributed by atoms with van der Waals surface area (Å²) >= 11 is 0. The first kappa shape index (κ1) is 24.4. The van der Waals surface area contributed by atoms with E-state index in [1.54, 1.807) is 7.11 Å². The Labute approximate surface area is 213 Å². The van der Waals surface area contributed by atoms with Gasteiger partial charge < -0.3 is 24.4 Å². The summed E-state index contributed by atoms with van der Waals surface area (Å²) in [5.41, 5.74) is 4.80. The van der Waals surface area contributed by atoms with E-state index < -0.39 is 0 Å². The van der Waals surface area contributed by atoms with Gasteiger partial charge in [-0.25, -0.2) is 0 Å². The molecule has 6 heteroatoms. The number of rotatable bonds is 9. The second-order valence-electron chi connectivity index (χ2n) is 9.88. The highest BCUT2D eigenvalue weighted by Crippen LogP contribution is 2.32. The standard InChI is InChI=1S/C30H36N2O4/c1-34-27-6-4-5-25(20-27)24-10-7-22(8-11-24)19-30(33)31-26(21-32-13-2-3-14-32)17-23-9-12-28-29(18-23)36-16-15-35-28/h4-7,9-10,12,18,20,26H,2-3,8,11,13-17,19,21H2,1H3,(H,31,33). The SMILES string of the molecule is COc1cccc(C2=CC=C(CC(=O)NC(Cc3ccc4c(c3)OCCO4)CN3CCCC3)CC2)c1. The maximum absolute atomic E-state index is 13.1. The largest absolute Gasteiger partial charge is 0.497 e. The lowest BCUT2D eigenvalue weighted by atomic mass is 9.91. The lowest BCUT2D eigenvalue weighted by Crippen LogP contribution is -2.44. The molecule has 1 fully saturated rings. The van der Waals surface area contributed by atoms with Crippen molar-refractivity contribution in [3.63, 3.8) is 0 Å². The fourth-order valence-electron chi connectivity index (χ4n) is 5.31. The molecule has 2 aromatic rings. The van der Waals surface area contributed by atoms with E-state index in [1.807, 2.05) is 18.2 Å². The third-order valence-corrected chi connectivity index (χ3v) is 7.19. The predicted molar refractivity (Wildman–Crippen MR) is 142 cm³/mol. The van der Waals surface area contributed by atoms with Crippen molar-refractivity contribution in [1.29, 1.82) is 0 Å². The molecule has 1 amide bonds. The summed E-state index contributed by atoms with van der Waals surface area (Å²) in [6, 6.07) is 14.4. The Morgan fingerprint density at radius 3 is 2.64 bits per heavy atom. The molecule has 0 bridgehead atoms. The molecule has 1 unspecified atom stereocenters. The van der Waals surface area contributed by atoms with Crippen molar-refractivity contribution in [2.75, 3.05) is 40.0 Å². The van der Waals surface area contributed by atoms with Crippen LogP contribution in [0.4, 0.5) is 0 Å². The Morgan fingerprint density at radius 2 is 1.86 bits per heavy atom. The summed E-state index contributed by atoms with van der Waals surface area (Å²) in [6.07, 6.45) is 9.79. The monoisotopic (exact) mass is 488 g/mol. The highest BCUT2D eigenvalue weighted by Gasteiger charge is 2.22. The van der Waals surface area contributed by atoms with Gasteiger partial charge in [-0.3, -0.25) is 4.79 Å². The Bertz CT molecular complexity index is 1130. The molecule has 1 atom stereocenters. The highest BCUT2D eigenvalue weighted by atomic mass is 16.6. The van der Waals surface area contributed by atoms with Crippen LogP contribution in [-0.2, 0) is 11.2 Å². The average Bonchev–Trinajstić information content (AvgIpc) is 3.42. The number of carbonyl (C=O) groups excluding carboxylic acids is 1. The normalized spacial score (nSPS) is 18.2. The van der Waals surface area contributed by atoms with Crippen LogP contribution in [0.5, 0.6) is 17.2 Å². The minimum Gasteiger partial charge on any atom is -0.497 e. The number of hydrogen-bond acceptors (Lipinski definition) is 5. The van der Waals surface area contributed by atoms with Gasteiger partial charge in [0, 0.05) is 19.0 Å². The third-order valence-electron chi connectivity index (χ3n) is 7.19. The zero-order valence-corrected chi connectivity index (χ0v) is 21.1. The molecule has 1 aliphatic carbocycles. The van der Waals surface area contributed by atoms with E-state index >= 15 is 0 Å². The molecule has 0 aromatic heterocycles. The molecule has 3 aliphatic rings. The van der Waals surface area contributed by atoms with Crippen LogP contribution >= 0.6 is 0 Å². The van der Waals surface area contributed by atoms with E-state index in [9.17, 15) is 4.79 Å². The van der Waals surface area contributed by atoms with Gasteiger partial charge in [-0.2, -0.15) is 0 Å². The van der Waals surface area contributed by atoms with E-state index in [0.717, 1.165) is 61.7 Å². The number of likely N-dealkylation sites (tertiary alicyclic amines) is 1. The Morgan fingerprint density at radius 1 is 1.03 bits per heavy atom. The lowest BCUT2D eigenvalue weighted by molar-refractivity contribution is -0.121. The first-order valence-electron chi connectivity index (χ1n) is 13.1. The fourth-order valence-corrected chi connectivity index (χ4v) is 5.31. The molecular weight excluding hydrogens is 452 g/mol. The molecule has 0 radical (unpaired) electrons. The summed E-state index contributed by atoms with van der Waals surface area (Å²) < 4.78 is 16.8. The zero-order chi connectivity index (χ0) is 24.7. The number of ether oxygens (including phenoxy) is 3. The van der Waals surface area contributed by atoms with Crippen LogP contribution < -0.4 is 19.5 Å². The van der Waals surface area contributed by atoms with Crippen LogP contribution in [0.1, 0.15) is 43.2 Å². The van der Waals surface area contributed by atoms with E-state index in [2.05, 4.69) is 46.6 Å². The van der Waals surface area contributed by atoms with Crippen molar-refractivity contribution in [2.45, 2.75) is 44.6 Å². The van der Waals surface area contributed by atoms with E-state index in [-0.39, 0.29) is 11.9 Å². The number of allylic oxidation sites excluding steroid dienone is 3. The number of benzene rings is 2. The van der Waals surface area contributed by atoms with Gasteiger partial charge in [-0.1, -0.05) is 35.9 Å². The molecule has 2 aromatic carbocycles. The molecular formula is C30H36N2O4. The second-order valence-corrected chi connectivity index (χ2v) is 9.88. The summed E-state index contributed by atoms with van der Waals surface area (Å²) in [5, 5.41) is 3.35. The maximum atomic E-state index is 13.1. The average molecular weight is 489 g/mol. The third kappa shape index (κ3) is 6.30. The predicted octanol–water partition coefficient (Wildman–Crippen LogP) is 4.78. The quantitative estimate of drug-likeness (QED) is 0.550. The number of methoxy groups -OCH3 is 1. The van der Waals surface area contributed by atoms with E-state index in [1.165, 1.54) is 29.6 Å². The summed E-state index contributed by atoms with van der Waals surface area (Å²) in [5.74, 6) is 2.57. The van der Waals surface area contributed by atoms with Crippen molar-refractivity contribution in [3.05, 3.63) is 71.3 Å². The van der Waals surface area contributed by atoms with Gasteiger partial charge in [0.25, 0.3) is 0 Å². The number of hydrogen-bond donors (Lipinski definition) is 1. The summed E-state index contributed by atoms with van der Waals surface area (Å²) in [6.45, 7) is 4.26. The van der Waals surface area contributed by atoms with Gasteiger partial charge in [0.15, 0.2) is 11.5 Å². The number of nitrogens with one attached hydrogen (secondary N) is 1. The Hall–Kier alpha value is -3.25. The van der Waals surface area contributed by atoms with Crippen LogP contribution in [-0.4, -0.2) is 56.8 Å². The van der Waals surface area contributed by atoms with Crippen molar-refractivity contribution in [2.24, 2.45) is 0 Å². The van der Waals surface area contributed by atoms with Gasteiger partial charge >= 0.3 is 0 Å². The van der Waals surface area contributed by atoms with Crippen LogP contribution in [0.25, 0.3) is 5.57 Å². The number of nitrogens with zero attached hydrogens (tertiary/aromatic N) is 1. The van der Waals surface area contributed by atoms with Crippen LogP contribution in [0.2, 0.25) is 0 Å². The molecule has 2 aliphatic heterocycles. The molecule has 5 rings (SSSR count). The first-order valence-corrected chi connectivity index (χ1v) is 13.1. The molecule has 36 heavy (non-hydrogen) atoms. The molecule has 0 saturated carbocycles. The van der Waals surface area contributed by atoms with Gasteiger partial charge in [0.1, 0.15) is 19.0 Å². The van der Waals surface area contributed by atoms with Crippen LogP contribution in [0, 0.1) is 0 Å². The molecule has 2 heterocycles. The molecule has 1 N–H and O–H groups in total. The number of carbonyl (C=O) groups is 1. The Kier molecular flexibility index (Phi) is 7.91. The van der Waals surface area contributed by atoms with Crippen LogP contribution in [0.15, 0.2) is 60.2 Å². The lowest BCUT2D eigenvalue weighted by Gasteiger charge is -2.26. The first-order chi connectivity index (χ1) is 17.7. The summed E-state index contributed by atoms with van der Waals surface area (Å²) in [7, 11) is 1.69. The van der Waals surface area contributed by atoms with Gasteiger partial charge in [0.2, 0.25) is 5.91 Å². The second kappa shape index (κ2) is 11.7. The van der Waals surface area contributed by atoms with Crippen molar-refractivity contribution in [1.82, 2.24) is 10.2 Å². The number of amides is 1. The molecule has 0 spiro atoms. The van der Waals surface area contributed by atoms with Gasteiger partial charge in [0.05, 0.1) is 7.11 Å². The smallest absolute Gasteiger partial charge is 0.224 e. The zero-order valence-electron chi connectivity index (χ0n) is 21.1. The van der Waals surface area contributed by atoms with Crippen molar-refractivity contribution >= 4 is 11.5 Å². The van der Waals surface area contributed by atoms with E-state index in [4.69, 9.17) is 14.2 Å².